The van der Waals surface area contributed by atoms with E-state index in [0.29, 0.717) is 24.2 Å². The molecule has 29 heavy (non-hydrogen) atoms. The zero-order valence-corrected chi connectivity index (χ0v) is 16.8. The molecule has 0 radical (unpaired) electrons. The zero-order valence-electron chi connectivity index (χ0n) is 15.2. The summed E-state index contributed by atoms with van der Waals surface area (Å²) in [5.41, 5.74) is 1.63. The molecule has 1 unspecified atom stereocenters. The summed E-state index contributed by atoms with van der Waals surface area (Å²) in [6, 6.07) is 0.134. The van der Waals surface area contributed by atoms with Gasteiger partial charge in [-0.15, -0.1) is 0 Å². The molecule has 3 rings (SSSR count). The molecule has 0 aliphatic carbocycles. The Morgan fingerprint density at radius 1 is 1.34 bits per heavy atom. The van der Waals surface area contributed by atoms with Crippen LogP contribution in [0.1, 0.15) is 35.1 Å². The maximum Gasteiger partial charge on any atom is 0.408 e. The number of fused-ring (bicyclic) bond motifs is 1. The first-order chi connectivity index (χ1) is 13.6. The maximum absolute atomic E-state index is 12.9. The number of carbonyl (C=O) groups is 2. The molecular weight excluding hydrogens is 432 g/mol. The van der Waals surface area contributed by atoms with E-state index in [1.54, 1.807) is 16.7 Å². The monoisotopic (exact) mass is 448 g/mol. The van der Waals surface area contributed by atoms with Crippen LogP contribution in [0.15, 0.2) is 18.3 Å². The van der Waals surface area contributed by atoms with Crippen molar-refractivity contribution >= 4 is 40.7 Å². The van der Waals surface area contributed by atoms with Crippen molar-refractivity contribution < 1.29 is 22.8 Å². The summed E-state index contributed by atoms with van der Waals surface area (Å²) in [5, 5.41) is 4.46. The molecule has 0 spiro atoms. The van der Waals surface area contributed by atoms with Crippen LogP contribution in [0.3, 0.4) is 0 Å². The number of hydrogen-bond acceptors (Lipinski definition) is 3. The molecule has 0 saturated heterocycles. The lowest BCUT2D eigenvalue weighted by Gasteiger charge is -2.17. The predicted molar refractivity (Wildman–Crippen MR) is 103 cm³/mol. The predicted octanol–water partition coefficient (Wildman–Crippen LogP) is 4.63. The summed E-state index contributed by atoms with van der Waals surface area (Å²) >= 11 is 12.2. The first-order valence-corrected chi connectivity index (χ1v) is 9.52. The number of nitrogens with zero attached hydrogens (tertiary/aromatic N) is 2. The third kappa shape index (κ3) is 4.67. The lowest BCUT2D eigenvalue weighted by atomic mass is 10.1. The van der Waals surface area contributed by atoms with E-state index < -0.39 is 18.2 Å². The first kappa shape index (κ1) is 21.4. The number of alkyl halides is 3. The first-order valence-electron chi connectivity index (χ1n) is 8.76. The minimum absolute atomic E-state index is 0.0136. The minimum atomic E-state index is -4.57. The van der Waals surface area contributed by atoms with Crippen LogP contribution < -0.4 is 10.6 Å². The fourth-order valence-electron chi connectivity index (χ4n) is 3.19. The number of amides is 2. The normalized spacial score (nSPS) is 14.4. The molecule has 3 heterocycles. The van der Waals surface area contributed by atoms with Crippen LogP contribution in [-0.4, -0.2) is 33.6 Å². The molecule has 1 atom stereocenters. The van der Waals surface area contributed by atoms with E-state index in [0.717, 1.165) is 13.3 Å². The van der Waals surface area contributed by atoms with Gasteiger partial charge in [-0.05, 0) is 37.5 Å². The molecule has 1 aliphatic heterocycles. The number of aromatic nitrogens is 2. The van der Waals surface area contributed by atoms with Gasteiger partial charge >= 0.3 is 12.2 Å². The van der Waals surface area contributed by atoms with Crippen molar-refractivity contribution in [1.82, 2.24) is 14.9 Å². The quantitative estimate of drug-likeness (QED) is 0.516. The molecule has 11 heteroatoms. The topological polar surface area (TPSA) is 76.0 Å². The van der Waals surface area contributed by atoms with E-state index >= 15 is 0 Å². The lowest BCUT2D eigenvalue weighted by Crippen LogP contribution is -2.45. The maximum atomic E-state index is 12.9. The van der Waals surface area contributed by atoms with E-state index in [-0.39, 0.29) is 33.8 Å². The van der Waals surface area contributed by atoms with Crippen LogP contribution in [0.25, 0.3) is 0 Å². The van der Waals surface area contributed by atoms with Crippen LogP contribution in [-0.2, 0) is 19.4 Å². The third-order valence-electron chi connectivity index (χ3n) is 4.60. The number of ketones is 1. The largest absolute Gasteiger partial charge is 0.408 e. The molecule has 0 fully saturated rings. The van der Waals surface area contributed by atoms with Gasteiger partial charge in [0, 0.05) is 24.9 Å². The van der Waals surface area contributed by atoms with Gasteiger partial charge in [0.1, 0.15) is 16.9 Å². The van der Waals surface area contributed by atoms with Gasteiger partial charge in [-0.3, -0.25) is 4.79 Å². The second kappa shape index (κ2) is 8.23. The number of halogens is 5. The van der Waals surface area contributed by atoms with Crippen LogP contribution >= 0.6 is 23.2 Å². The van der Waals surface area contributed by atoms with E-state index in [2.05, 4.69) is 10.3 Å². The average molecular weight is 449 g/mol. The highest BCUT2D eigenvalue weighted by molar-refractivity contribution is 6.37. The highest BCUT2D eigenvalue weighted by Gasteiger charge is 2.37. The highest BCUT2D eigenvalue weighted by Crippen LogP contribution is 2.38. The second-order valence-electron chi connectivity index (χ2n) is 6.69. The molecule has 2 N–H and O–H groups in total. The number of hydrogen-bond donors (Lipinski definition) is 2. The van der Waals surface area contributed by atoms with E-state index in [1.165, 1.54) is 6.20 Å². The van der Waals surface area contributed by atoms with Gasteiger partial charge in [-0.1, -0.05) is 23.2 Å². The molecule has 156 valence electrons. The van der Waals surface area contributed by atoms with Crippen molar-refractivity contribution in [1.29, 1.82) is 0 Å². The molecule has 0 bridgehead atoms. The van der Waals surface area contributed by atoms with Gasteiger partial charge in [0.25, 0.3) is 0 Å². The number of pyridine rings is 1. The second-order valence-corrected chi connectivity index (χ2v) is 7.45. The highest BCUT2D eigenvalue weighted by atomic mass is 35.5. The summed E-state index contributed by atoms with van der Waals surface area (Å²) in [7, 11) is 0. The number of nitrogens with one attached hydrogen (secondary N) is 2. The summed E-state index contributed by atoms with van der Waals surface area (Å²) in [4.78, 5) is 28.8. The van der Waals surface area contributed by atoms with Gasteiger partial charge in [0.15, 0.2) is 5.78 Å². The van der Waals surface area contributed by atoms with Crippen molar-refractivity contribution in [2.45, 2.75) is 44.9 Å². The molecular formula is C18H17Cl2F3N4O2. The molecule has 0 aromatic carbocycles. The fraction of sp³-hybridized carbons (Fsp3) is 0.389. The average Bonchev–Trinajstić information content (AvgIpc) is 3.16. The Labute approximate surface area is 174 Å². The van der Waals surface area contributed by atoms with Gasteiger partial charge in [-0.2, -0.15) is 13.2 Å². The van der Waals surface area contributed by atoms with Crippen LogP contribution in [0.2, 0.25) is 10.2 Å². The standard InChI is InChI=1S/C18H17Cl2F3N4O2/c1-9(18(21,22)23)25-17(29)26-15-11-3-2-6-27(11)16(14(15)20)12(28)7-10-4-5-24-13(19)8-10/h4-5,8-9H,2-3,6-7H2,1H3,(H2,25,26,29). The minimum Gasteiger partial charge on any atom is -0.339 e. The van der Waals surface area contributed by atoms with Crippen molar-refractivity contribution in [3.63, 3.8) is 0 Å². The van der Waals surface area contributed by atoms with Gasteiger partial charge in [-0.25, -0.2) is 9.78 Å². The molecule has 2 aromatic rings. The summed E-state index contributed by atoms with van der Waals surface area (Å²) in [5.74, 6) is -0.294. The van der Waals surface area contributed by atoms with Crippen LogP contribution in [0.5, 0.6) is 0 Å². The lowest BCUT2D eigenvalue weighted by molar-refractivity contribution is -0.148. The number of urea groups is 1. The van der Waals surface area contributed by atoms with Crippen molar-refractivity contribution in [3.05, 3.63) is 45.5 Å². The summed E-state index contributed by atoms with van der Waals surface area (Å²) < 4.78 is 39.7. The van der Waals surface area contributed by atoms with Gasteiger partial charge < -0.3 is 15.2 Å². The van der Waals surface area contributed by atoms with E-state index in [1.807, 2.05) is 5.32 Å². The molecule has 2 amide bonds. The Morgan fingerprint density at radius 3 is 2.72 bits per heavy atom. The summed E-state index contributed by atoms with van der Waals surface area (Å²) in [6.45, 7) is 1.36. The Balaban J connectivity index is 1.84. The van der Waals surface area contributed by atoms with Crippen molar-refractivity contribution in [3.8, 4) is 0 Å². The molecule has 2 aromatic heterocycles. The number of rotatable bonds is 5. The summed E-state index contributed by atoms with van der Waals surface area (Å²) in [6.07, 6.45) is -1.81. The van der Waals surface area contributed by atoms with Crippen molar-refractivity contribution in [2.75, 3.05) is 5.32 Å². The number of anilines is 1. The van der Waals surface area contributed by atoms with Gasteiger partial charge in [0.2, 0.25) is 0 Å². The van der Waals surface area contributed by atoms with E-state index in [4.69, 9.17) is 23.2 Å². The number of carbonyl (C=O) groups excluding carboxylic acids is 2. The van der Waals surface area contributed by atoms with Gasteiger partial charge in [0.05, 0.1) is 10.7 Å². The fourth-order valence-corrected chi connectivity index (χ4v) is 3.75. The molecule has 6 nitrogen and oxygen atoms in total. The van der Waals surface area contributed by atoms with Crippen molar-refractivity contribution in [2.24, 2.45) is 0 Å². The zero-order chi connectivity index (χ0) is 21.3. The van der Waals surface area contributed by atoms with Crippen LogP contribution in [0, 0.1) is 0 Å². The Hall–Kier alpha value is -2.26. The Morgan fingerprint density at radius 2 is 2.07 bits per heavy atom. The SMILES string of the molecule is CC(NC(=O)Nc1c(Cl)c(C(=O)Cc2ccnc(Cl)c2)n2c1CCC2)C(F)(F)F. The molecule has 1 aliphatic rings. The smallest absolute Gasteiger partial charge is 0.339 e. The molecule has 0 saturated carbocycles. The van der Waals surface area contributed by atoms with E-state index in [9.17, 15) is 22.8 Å². The van der Waals surface area contributed by atoms with Crippen LogP contribution in [0.4, 0.5) is 23.7 Å². The Bertz CT molecular complexity index is 959. The Kier molecular flexibility index (Phi) is 6.09. The third-order valence-corrected chi connectivity index (χ3v) is 5.18. The number of Topliss-reactive ketones (excluding diaryl/α,β-unsaturated/α-hetero) is 1.